The maximum atomic E-state index is 14.0. The number of nitrogens with zero attached hydrogens (tertiary/aromatic N) is 2. The van der Waals surface area contributed by atoms with E-state index < -0.39 is 28.5 Å². The molecule has 0 heterocycles. The third-order valence-corrected chi connectivity index (χ3v) is 8.34. The Labute approximate surface area is 231 Å². The fourth-order valence-corrected chi connectivity index (χ4v) is 5.57. The summed E-state index contributed by atoms with van der Waals surface area (Å²) in [5, 5.41) is 2.94. The molecule has 3 aromatic carbocycles. The molecule has 0 spiro atoms. The molecule has 0 bridgehead atoms. The lowest BCUT2D eigenvalue weighted by molar-refractivity contribution is -0.139. The Morgan fingerprint density at radius 1 is 0.949 bits per heavy atom. The molecule has 208 valence electrons. The standard InChI is InChI=1S/C30H37N3O5S/c1-6-23(3)31-30(35)24(4)32(20-25-14-12-13-22(2)19-25)29(34)21-33(27-17-10-11-18-28(27)38-5)39(36,37)26-15-8-7-9-16-26/h7-19,23-24H,6,20-21H2,1-5H3,(H,31,35)/t23-,24-/m0/s1. The summed E-state index contributed by atoms with van der Waals surface area (Å²) in [6, 6.07) is 21.3. The molecule has 9 heteroatoms. The van der Waals surface area contributed by atoms with E-state index in [1.165, 1.54) is 24.1 Å². The minimum absolute atomic E-state index is 0.0384. The Hall–Kier alpha value is -3.85. The highest BCUT2D eigenvalue weighted by Crippen LogP contribution is 2.32. The molecule has 0 saturated heterocycles. The fourth-order valence-electron chi connectivity index (χ4n) is 4.12. The lowest BCUT2D eigenvalue weighted by Crippen LogP contribution is -2.52. The Kier molecular flexibility index (Phi) is 10.1. The van der Waals surface area contributed by atoms with Gasteiger partial charge in [0.05, 0.1) is 17.7 Å². The largest absolute Gasteiger partial charge is 0.495 e. The second-order valence-corrected chi connectivity index (χ2v) is 11.4. The first-order chi connectivity index (χ1) is 18.6. The highest BCUT2D eigenvalue weighted by Gasteiger charge is 2.33. The van der Waals surface area contributed by atoms with Crippen LogP contribution in [0.5, 0.6) is 5.75 Å². The van der Waals surface area contributed by atoms with E-state index in [4.69, 9.17) is 4.74 Å². The molecular formula is C30H37N3O5S. The zero-order chi connectivity index (χ0) is 28.6. The number of benzene rings is 3. The van der Waals surface area contributed by atoms with Crippen LogP contribution < -0.4 is 14.4 Å². The van der Waals surface area contributed by atoms with Crippen LogP contribution in [-0.2, 0) is 26.2 Å². The summed E-state index contributed by atoms with van der Waals surface area (Å²) < 4.78 is 34.2. The molecule has 2 atom stereocenters. The van der Waals surface area contributed by atoms with Gasteiger partial charge in [-0.05, 0) is 57.0 Å². The van der Waals surface area contributed by atoms with Gasteiger partial charge in [0.1, 0.15) is 18.3 Å². The van der Waals surface area contributed by atoms with Gasteiger partial charge in [-0.25, -0.2) is 8.42 Å². The number of anilines is 1. The van der Waals surface area contributed by atoms with Crippen molar-refractivity contribution in [3.63, 3.8) is 0 Å². The Morgan fingerprint density at radius 2 is 1.62 bits per heavy atom. The van der Waals surface area contributed by atoms with Crippen LogP contribution in [0.15, 0.2) is 83.8 Å². The normalized spacial score (nSPS) is 12.7. The minimum atomic E-state index is -4.16. The maximum absolute atomic E-state index is 14.0. The number of hydrogen-bond donors (Lipinski definition) is 1. The molecule has 0 aromatic heterocycles. The number of amides is 2. The van der Waals surface area contributed by atoms with Crippen molar-refractivity contribution < 1.29 is 22.7 Å². The van der Waals surface area contributed by atoms with Gasteiger partial charge in [0.15, 0.2) is 0 Å². The van der Waals surface area contributed by atoms with Crippen molar-refractivity contribution in [3.8, 4) is 5.75 Å². The van der Waals surface area contributed by atoms with Crippen LogP contribution in [-0.4, -0.2) is 50.9 Å². The number of rotatable bonds is 12. The number of nitrogens with one attached hydrogen (secondary N) is 1. The second-order valence-electron chi connectivity index (χ2n) is 9.50. The summed E-state index contributed by atoms with van der Waals surface area (Å²) in [7, 11) is -2.71. The first-order valence-electron chi connectivity index (χ1n) is 12.9. The lowest BCUT2D eigenvalue weighted by Gasteiger charge is -2.32. The van der Waals surface area contributed by atoms with Crippen molar-refractivity contribution >= 4 is 27.5 Å². The summed E-state index contributed by atoms with van der Waals surface area (Å²) >= 11 is 0. The number of aryl methyl sites for hydroxylation is 1. The minimum Gasteiger partial charge on any atom is -0.495 e. The van der Waals surface area contributed by atoms with Gasteiger partial charge in [-0.1, -0.05) is 67.1 Å². The van der Waals surface area contributed by atoms with Crippen LogP contribution in [0.25, 0.3) is 0 Å². The average Bonchev–Trinajstić information content (AvgIpc) is 2.94. The molecule has 2 amide bonds. The highest BCUT2D eigenvalue weighted by molar-refractivity contribution is 7.92. The first kappa shape index (κ1) is 29.7. The van der Waals surface area contributed by atoms with E-state index in [0.717, 1.165) is 21.9 Å². The van der Waals surface area contributed by atoms with E-state index in [2.05, 4.69) is 5.32 Å². The van der Waals surface area contributed by atoms with Crippen LogP contribution in [0.3, 0.4) is 0 Å². The van der Waals surface area contributed by atoms with Crippen molar-refractivity contribution in [1.82, 2.24) is 10.2 Å². The van der Waals surface area contributed by atoms with E-state index in [0.29, 0.717) is 5.75 Å². The van der Waals surface area contributed by atoms with Crippen molar-refractivity contribution in [1.29, 1.82) is 0 Å². The molecule has 0 saturated carbocycles. The summed E-state index contributed by atoms with van der Waals surface area (Å²) in [4.78, 5) is 28.6. The molecule has 0 unspecified atom stereocenters. The van der Waals surface area contributed by atoms with Crippen molar-refractivity contribution in [3.05, 3.63) is 90.0 Å². The smallest absolute Gasteiger partial charge is 0.264 e. The molecular weight excluding hydrogens is 514 g/mol. The van der Waals surface area contributed by atoms with E-state index in [9.17, 15) is 18.0 Å². The molecule has 8 nitrogen and oxygen atoms in total. The summed E-state index contributed by atoms with van der Waals surface area (Å²) in [5.74, 6) is -0.522. The number of sulfonamides is 1. The molecule has 0 aliphatic heterocycles. The Morgan fingerprint density at radius 3 is 2.26 bits per heavy atom. The monoisotopic (exact) mass is 551 g/mol. The van der Waals surface area contributed by atoms with E-state index in [-0.39, 0.29) is 29.1 Å². The molecule has 1 N–H and O–H groups in total. The molecule has 0 radical (unpaired) electrons. The number of hydrogen-bond acceptors (Lipinski definition) is 5. The number of carbonyl (C=O) groups excluding carboxylic acids is 2. The fraction of sp³-hybridized carbons (Fsp3) is 0.333. The van der Waals surface area contributed by atoms with Crippen molar-refractivity contribution in [2.45, 2.75) is 57.6 Å². The molecule has 0 aliphatic rings. The molecule has 0 aliphatic carbocycles. The molecule has 3 rings (SSSR count). The Bertz CT molecular complexity index is 1380. The van der Waals surface area contributed by atoms with Gasteiger partial charge in [0.2, 0.25) is 11.8 Å². The van der Waals surface area contributed by atoms with Gasteiger partial charge in [-0.3, -0.25) is 13.9 Å². The van der Waals surface area contributed by atoms with Crippen LogP contribution in [0.1, 0.15) is 38.3 Å². The number of ether oxygens (including phenoxy) is 1. The van der Waals surface area contributed by atoms with E-state index >= 15 is 0 Å². The van der Waals surface area contributed by atoms with E-state index in [1.807, 2.05) is 45.0 Å². The topological polar surface area (TPSA) is 96.0 Å². The van der Waals surface area contributed by atoms with Gasteiger partial charge in [-0.15, -0.1) is 0 Å². The molecule has 0 fully saturated rings. The number of carbonyl (C=O) groups is 2. The predicted octanol–water partition coefficient (Wildman–Crippen LogP) is 4.53. The quantitative estimate of drug-likeness (QED) is 0.357. The number of para-hydroxylation sites is 2. The van der Waals surface area contributed by atoms with Gasteiger partial charge in [0.25, 0.3) is 10.0 Å². The summed E-state index contributed by atoms with van der Waals surface area (Å²) in [6.07, 6.45) is 0.737. The Balaban J connectivity index is 2.05. The van der Waals surface area contributed by atoms with Gasteiger partial charge in [0, 0.05) is 12.6 Å². The van der Waals surface area contributed by atoms with Gasteiger partial charge in [-0.2, -0.15) is 0 Å². The van der Waals surface area contributed by atoms with Gasteiger partial charge >= 0.3 is 0 Å². The van der Waals surface area contributed by atoms with Crippen molar-refractivity contribution in [2.75, 3.05) is 18.0 Å². The number of methoxy groups -OCH3 is 1. The molecule has 39 heavy (non-hydrogen) atoms. The van der Waals surface area contributed by atoms with Crippen LogP contribution in [0.2, 0.25) is 0 Å². The van der Waals surface area contributed by atoms with Gasteiger partial charge < -0.3 is 15.0 Å². The maximum Gasteiger partial charge on any atom is 0.264 e. The van der Waals surface area contributed by atoms with Crippen LogP contribution in [0.4, 0.5) is 5.69 Å². The molecule has 3 aromatic rings. The highest BCUT2D eigenvalue weighted by atomic mass is 32.2. The van der Waals surface area contributed by atoms with Crippen LogP contribution in [0, 0.1) is 6.92 Å². The summed E-state index contributed by atoms with van der Waals surface area (Å²) in [6.45, 7) is 7.08. The SMILES string of the molecule is CC[C@H](C)NC(=O)[C@H](C)N(Cc1cccc(C)c1)C(=O)CN(c1ccccc1OC)S(=O)(=O)c1ccccc1. The third kappa shape index (κ3) is 7.38. The zero-order valence-corrected chi connectivity index (χ0v) is 23.9. The third-order valence-electron chi connectivity index (χ3n) is 6.57. The van der Waals surface area contributed by atoms with Crippen LogP contribution >= 0.6 is 0 Å². The van der Waals surface area contributed by atoms with Crippen molar-refractivity contribution in [2.24, 2.45) is 0 Å². The summed E-state index contributed by atoms with van der Waals surface area (Å²) in [5.41, 5.74) is 2.07. The zero-order valence-electron chi connectivity index (χ0n) is 23.1. The van der Waals surface area contributed by atoms with E-state index in [1.54, 1.807) is 49.4 Å². The first-order valence-corrected chi connectivity index (χ1v) is 14.4. The predicted molar refractivity (Wildman–Crippen MR) is 153 cm³/mol. The average molecular weight is 552 g/mol. The second kappa shape index (κ2) is 13.3. The lowest BCUT2D eigenvalue weighted by atomic mass is 10.1.